The SMILES string of the molecule is CCN1/C(=C/C2=C(S)C(=C\c3oc4ccccc4[n+]3CCO)/C2=O)N(CCO)c2ccccc21. The van der Waals surface area contributed by atoms with Crippen molar-refractivity contribution in [2.45, 2.75) is 13.5 Å². The second kappa shape index (κ2) is 9.13. The van der Waals surface area contributed by atoms with E-state index in [0.29, 0.717) is 40.6 Å². The van der Waals surface area contributed by atoms with Gasteiger partial charge in [0.25, 0.3) is 5.52 Å². The van der Waals surface area contributed by atoms with Crippen molar-refractivity contribution in [1.82, 2.24) is 0 Å². The Morgan fingerprint density at radius 1 is 1.00 bits per heavy atom. The Hall–Kier alpha value is -3.33. The molecule has 0 amide bonds. The first-order chi connectivity index (χ1) is 16.6. The average molecular weight is 477 g/mol. The molecule has 0 fully saturated rings. The number of allylic oxidation sites excluding steroid dienone is 3. The van der Waals surface area contributed by atoms with E-state index in [4.69, 9.17) is 4.42 Å². The molecule has 34 heavy (non-hydrogen) atoms. The maximum absolute atomic E-state index is 13.2. The molecule has 0 spiro atoms. The Labute approximate surface area is 202 Å². The molecule has 7 nitrogen and oxygen atoms in total. The lowest BCUT2D eigenvalue weighted by Gasteiger charge is -2.27. The fourth-order valence-corrected chi connectivity index (χ4v) is 4.92. The highest BCUT2D eigenvalue weighted by Gasteiger charge is 2.36. The van der Waals surface area contributed by atoms with Gasteiger partial charge in [0.05, 0.1) is 24.1 Å². The van der Waals surface area contributed by atoms with E-state index >= 15 is 0 Å². The van der Waals surface area contributed by atoms with E-state index in [9.17, 15) is 15.0 Å². The Morgan fingerprint density at radius 2 is 1.71 bits per heavy atom. The van der Waals surface area contributed by atoms with Crippen LogP contribution in [0.25, 0.3) is 17.2 Å². The van der Waals surface area contributed by atoms with Gasteiger partial charge in [0.2, 0.25) is 5.58 Å². The average Bonchev–Trinajstić information content (AvgIpc) is 3.36. The molecule has 0 saturated heterocycles. The van der Waals surface area contributed by atoms with E-state index in [-0.39, 0.29) is 19.0 Å². The number of carbonyl (C=O) groups excluding carboxylic acids is 1. The first-order valence-corrected chi connectivity index (χ1v) is 11.7. The number of thiol groups is 1. The molecule has 2 aromatic carbocycles. The summed E-state index contributed by atoms with van der Waals surface area (Å²) in [5.41, 5.74) is 4.56. The number of fused-ring (bicyclic) bond motifs is 2. The van der Waals surface area contributed by atoms with E-state index in [0.717, 1.165) is 29.3 Å². The van der Waals surface area contributed by atoms with Crippen LogP contribution in [0.3, 0.4) is 0 Å². The predicted octanol–water partition coefficient (Wildman–Crippen LogP) is 3.04. The van der Waals surface area contributed by atoms with Gasteiger partial charge in [0.15, 0.2) is 12.3 Å². The molecule has 0 atom stereocenters. The standard InChI is InChI=1S/C26H25N3O4S/c1-2-27-19-7-3-4-8-20(19)28(11-13-30)23(27)15-17-25(32)18(26(17)34)16-24-29(12-14-31)21-9-5-6-10-22(21)33-24/h3-10,15-16,30-31H,2,11-14H2,1H3/p+1. The van der Waals surface area contributed by atoms with Crippen molar-refractivity contribution in [3.05, 3.63) is 82.4 Å². The second-order valence-electron chi connectivity index (χ2n) is 8.04. The molecule has 0 bridgehead atoms. The number of rotatable bonds is 7. The van der Waals surface area contributed by atoms with E-state index in [2.05, 4.69) is 24.5 Å². The van der Waals surface area contributed by atoms with Crippen molar-refractivity contribution in [3.8, 4) is 0 Å². The number of nitrogens with zero attached hydrogens (tertiary/aromatic N) is 3. The van der Waals surface area contributed by atoms with Crippen molar-refractivity contribution in [2.24, 2.45) is 0 Å². The molecule has 174 valence electrons. The van der Waals surface area contributed by atoms with Crippen LogP contribution in [-0.4, -0.2) is 42.3 Å². The van der Waals surface area contributed by atoms with Gasteiger partial charge in [-0.15, -0.1) is 12.6 Å². The molecule has 0 unspecified atom stereocenters. The van der Waals surface area contributed by atoms with Gasteiger partial charge in [-0.25, -0.2) is 0 Å². The fourth-order valence-electron chi connectivity index (χ4n) is 4.59. The van der Waals surface area contributed by atoms with Gasteiger partial charge < -0.3 is 24.4 Å². The largest absolute Gasteiger partial charge is 0.398 e. The number of ketones is 1. The van der Waals surface area contributed by atoms with Crippen LogP contribution in [0.1, 0.15) is 12.8 Å². The number of aliphatic hydroxyl groups is 2. The lowest BCUT2D eigenvalue weighted by Crippen LogP contribution is -2.37. The third-order valence-corrected chi connectivity index (χ3v) is 6.64. The van der Waals surface area contributed by atoms with Gasteiger partial charge in [0, 0.05) is 35.2 Å². The van der Waals surface area contributed by atoms with Crippen molar-refractivity contribution in [2.75, 3.05) is 36.1 Å². The molecule has 2 aliphatic rings. The summed E-state index contributed by atoms with van der Waals surface area (Å²) < 4.78 is 7.81. The number of aliphatic hydroxyl groups excluding tert-OH is 2. The minimum Gasteiger partial charge on any atom is -0.398 e. The molecule has 1 aliphatic heterocycles. The van der Waals surface area contributed by atoms with Crippen LogP contribution in [0.2, 0.25) is 0 Å². The topological polar surface area (TPSA) is 81.0 Å². The first-order valence-electron chi connectivity index (χ1n) is 11.3. The van der Waals surface area contributed by atoms with Crippen LogP contribution in [-0.2, 0) is 11.3 Å². The summed E-state index contributed by atoms with van der Waals surface area (Å²) in [5, 5.41) is 19.2. The summed E-state index contributed by atoms with van der Waals surface area (Å²) >= 11 is 4.65. The van der Waals surface area contributed by atoms with Gasteiger partial charge in [-0.05, 0) is 31.2 Å². The number of hydrogen-bond donors (Lipinski definition) is 3. The number of oxazole rings is 1. The molecular formula is C26H26N3O4S+. The lowest BCUT2D eigenvalue weighted by atomic mass is 9.89. The Balaban J connectivity index is 1.55. The maximum Gasteiger partial charge on any atom is 0.374 e. The first kappa shape index (κ1) is 22.5. The number of para-hydroxylation sites is 4. The zero-order valence-electron chi connectivity index (χ0n) is 18.8. The van der Waals surface area contributed by atoms with E-state index in [1.165, 1.54) is 0 Å². The maximum atomic E-state index is 13.2. The van der Waals surface area contributed by atoms with Gasteiger partial charge in [0.1, 0.15) is 12.4 Å². The molecule has 0 saturated carbocycles. The number of aromatic nitrogens is 1. The molecule has 1 aliphatic carbocycles. The number of Topliss-reactive ketones (excluding diaryl/α,β-unsaturated/α-hetero) is 1. The summed E-state index contributed by atoms with van der Waals surface area (Å²) in [6.07, 6.45) is 3.54. The fraction of sp³-hybridized carbons (Fsp3) is 0.231. The number of benzene rings is 2. The zero-order valence-corrected chi connectivity index (χ0v) is 19.7. The summed E-state index contributed by atoms with van der Waals surface area (Å²) in [5.74, 6) is 1.21. The molecule has 3 aromatic rings. The normalized spacial score (nSPS) is 17.9. The Bertz CT molecular complexity index is 1370. The monoisotopic (exact) mass is 476 g/mol. The van der Waals surface area contributed by atoms with E-state index < -0.39 is 0 Å². The Morgan fingerprint density at radius 3 is 2.38 bits per heavy atom. The number of anilines is 2. The number of carbonyl (C=O) groups is 1. The van der Waals surface area contributed by atoms with Crippen molar-refractivity contribution >= 4 is 47.0 Å². The highest BCUT2D eigenvalue weighted by Crippen LogP contribution is 2.43. The molecule has 1 aromatic heterocycles. The van der Waals surface area contributed by atoms with Crippen LogP contribution in [0, 0.1) is 0 Å². The molecule has 8 heteroatoms. The van der Waals surface area contributed by atoms with E-state index in [1.54, 1.807) is 6.08 Å². The predicted molar refractivity (Wildman–Crippen MR) is 134 cm³/mol. The summed E-state index contributed by atoms with van der Waals surface area (Å²) in [7, 11) is 0. The summed E-state index contributed by atoms with van der Waals surface area (Å²) in [4.78, 5) is 17.9. The summed E-state index contributed by atoms with van der Waals surface area (Å²) in [6, 6.07) is 15.6. The van der Waals surface area contributed by atoms with Crippen LogP contribution in [0.5, 0.6) is 0 Å². The van der Waals surface area contributed by atoms with Crippen molar-refractivity contribution in [3.63, 3.8) is 0 Å². The molecular weight excluding hydrogens is 450 g/mol. The lowest BCUT2D eigenvalue weighted by molar-refractivity contribution is -0.679. The quantitative estimate of drug-likeness (QED) is 0.276. The van der Waals surface area contributed by atoms with Crippen LogP contribution in [0.4, 0.5) is 11.4 Å². The minimum atomic E-state index is -0.121. The van der Waals surface area contributed by atoms with Crippen LogP contribution >= 0.6 is 12.6 Å². The van der Waals surface area contributed by atoms with Crippen molar-refractivity contribution < 1.29 is 24.0 Å². The highest BCUT2D eigenvalue weighted by molar-refractivity contribution is 7.85. The Kier molecular flexibility index (Phi) is 6.03. The van der Waals surface area contributed by atoms with Crippen LogP contribution in [0.15, 0.2) is 80.9 Å². The molecule has 0 radical (unpaired) electrons. The second-order valence-corrected chi connectivity index (χ2v) is 8.49. The molecule has 2 N–H and O–H groups in total. The van der Waals surface area contributed by atoms with Gasteiger partial charge in [-0.1, -0.05) is 24.3 Å². The third-order valence-electron chi connectivity index (χ3n) is 6.16. The number of β-amino-alcohol motifs (C(OH)–C–C–N with tert-alkyl or cyclic N) is 1. The number of hydrogen-bond acceptors (Lipinski definition) is 7. The van der Waals surface area contributed by atoms with Gasteiger partial charge in [-0.3, -0.25) is 4.79 Å². The summed E-state index contributed by atoms with van der Waals surface area (Å²) in [6.45, 7) is 3.49. The molecule has 2 heterocycles. The van der Waals surface area contributed by atoms with Crippen LogP contribution < -0.4 is 14.4 Å². The van der Waals surface area contributed by atoms with Gasteiger partial charge >= 0.3 is 5.89 Å². The zero-order chi connectivity index (χ0) is 23.8. The smallest absolute Gasteiger partial charge is 0.374 e. The van der Waals surface area contributed by atoms with E-state index in [1.807, 2.05) is 64.1 Å². The third kappa shape index (κ3) is 3.55. The highest BCUT2D eigenvalue weighted by atomic mass is 32.1. The molecule has 5 rings (SSSR count). The van der Waals surface area contributed by atoms with Crippen molar-refractivity contribution in [1.29, 1.82) is 0 Å². The minimum absolute atomic E-state index is 0.00792. The van der Waals surface area contributed by atoms with Gasteiger partial charge in [-0.2, -0.15) is 4.57 Å².